The molecule has 2 amide bonds. The Morgan fingerprint density at radius 3 is 2.24 bits per heavy atom. The maximum atomic E-state index is 12.4. The van der Waals surface area contributed by atoms with E-state index in [0.717, 1.165) is 17.0 Å². The van der Waals surface area contributed by atoms with Crippen LogP contribution in [-0.2, 0) is 9.59 Å². The lowest BCUT2D eigenvalue weighted by atomic mass is 10.1. The van der Waals surface area contributed by atoms with E-state index in [2.05, 4.69) is 16.0 Å². The molecule has 0 aliphatic rings. The first-order chi connectivity index (χ1) is 16.0. The molecule has 0 heterocycles. The fourth-order valence-electron chi connectivity index (χ4n) is 2.99. The number of anilines is 3. The maximum absolute atomic E-state index is 12.4. The van der Waals surface area contributed by atoms with Gasteiger partial charge < -0.3 is 25.4 Å². The van der Waals surface area contributed by atoms with Crippen LogP contribution in [0.15, 0.2) is 72.8 Å². The van der Waals surface area contributed by atoms with Crippen LogP contribution >= 0.6 is 0 Å². The SMILES string of the molecule is CCC(=O)Nc1cc(NC(=O)CNc2cccc(OCCOc3ccccc3)c2)ccc1C. The van der Waals surface area contributed by atoms with Crippen molar-refractivity contribution in [1.82, 2.24) is 0 Å². The van der Waals surface area contributed by atoms with Crippen molar-refractivity contribution in [2.75, 3.05) is 35.7 Å². The number of ether oxygens (including phenoxy) is 2. The van der Waals surface area contributed by atoms with Crippen LogP contribution in [0.3, 0.4) is 0 Å². The van der Waals surface area contributed by atoms with E-state index in [-0.39, 0.29) is 18.4 Å². The molecular formula is C26H29N3O4. The molecule has 0 aliphatic heterocycles. The van der Waals surface area contributed by atoms with Gasteiger partial charge in [0.05, 0.1) is 6.54 Å². The third kappa shape index (κ3) is 7.88. The molecule has 172 valence electrons. The molecule has 3 aromatic rings. The fourth-order valence-corrected chi connectivity index (χ4v) is 2.99. The molecule has 3 aromatic carbocycles. The predicted octanol–water partition coefficient (Wildman–Crippen LogP) is 4.85. The average molecular weight is 448 g/mol. The second kappa shape index (κ2) is 12.1. The Morgan fingerprint density at radius 2 is 1.48 bits per heavy atom. The smallest absolute Gasteiger partial charge is 0.243 e. The van der Waals surface area contributed by atoms with Crippen molar-refractivity contribution in [1.29, 1.82) is 0 Å². The van der Waals surface area contributed by atoms with E-state index < -0.39 is 0 Å². The van der Waals surface area contributed by atoms with Crippen molar-refractivity contribution < 1.29 is 19.1 Å². The van der Waals surface area contributed by atoms with Gasteiger partial charge in [-0.15, -0.1) is 0 Å². The number of carbonyl (C=O) groups excluding carboxylic acids is 2. The minimum atomic E-state index is -0.200. The highest BCUT2D eigenvalue weighted by atomic mass is 16.5. The minimum absolute atomic E-state index is 0.0722. The van der Waals surface area contributed by atoms with E-state index in [4.69, 9.17) is 9.47 Å². The lowest BCUT2D eigenvalue weighted by Crippen LogP contribution is -2.22. The van der Waals surface area contributed by atoms with Gasteiger partial charge in [0.2, 0.25) is 11.8 Å². The van der Waals surface area contributed by atoms with Gasteiger partial charge >= 0.3 is 0 Å². The van der Waals surface area contributed by atoms with Gasteiger partial charge in [-0.05, 0) is 48.9 Å². The summed E-state index contributed by atoms with van der Waals surface area (Å²) in [7, 11) is 0. The van der Waals surface area contributed by atoms with Crippen molar-refractivity contribution >= 4 is 28.9 Å². The Balaban J connectivity index is 1.45. The molecule has 3 N–H and O–H groups in total. The molecule has 3 rings (SSSR count). The Bertz CT molecular complexity index is 1070. The molecule has 7 heteroatoms. The van der Waals surface area contributed by atoms with Gasteiger partial charge in [-0.25, -0.2) is 0 Å². The zero-order chi connectivity index (χ0) is 23.5. The van der Waals surface area contributed by atoms with Crippen molar-refractivity contribution in [2.24, 2.45) is 0 Å². The number of nitrogens with one attached hydrogen (secondary N) is 3. The molecule has 0 radical (unpaired) electrons. The van der Waals surface area contributed by atoms with Crippen molar-refractivity contribution in [2.45, 2.75) is 20.3 Å². The topological polar surface area (TPSA) is 88.7 Å². The summed E-state index contributed by atoms with van der Waals surface area (Å²) in [5.41, 5.74) is 3.01. The summed E-state index contributed by atoms with van der Waals surface area (Å²) in [6.45, 7) is 4.62. The number of benzene rings is 3. The summed E-state index contributed by atoms with van der Waals surface area (Å²) in [6, 6.07) is 22.4. The molecular weight excluding hydrogens is 418 g/mol. The van der Waals surface area contributed by atoms with E-state index >= 15 is 0 Å². The largest absolute Gasteiger partial charge is 0.490 e. The molecule has 0 unspecified atom stereocenters. The fraction of sp³-hybridized carbons (Fsp3) is 0.231. The summed E-state index contributed by atoms with van der Waals surface area (Å²) < 4.78 is 11.4. The van der Waals surface area contributed by atoms with E-state index in [9.17, 15) is 9.59 Å². The molecule has 0 aromatic heterocycles. The normalized spacial score (nSPS) is 10.2. The van der Waals surface area contributed by atoms with Gasteiger partial charge in [0.1, 0.15) is 24.7 Å². The molecule has 0 fully saturated rings. The van der Waals surface area contributed by atoms with Crippen molar-refractivity contribution in [3.63, 3.8) is 0 Å². The average Bonchev–Trinajstić information content (AvgIpc) is 2.83. The van der Waals surface area contributed by atoms with E-state index in [1.165, 1.54) is 0 Å². The van der Waals surface area contributed by atoms with Gasteiger partial charge in [-0.2, -0.15) is 0 Å². The summed E-state index contributed by atoms with van der Waals surface area (Å²) in [5.74, 6) is 1.22. The van der Waals surface area contributed by atoms with E-state index in [1.54, 1.807) is 19.1 Å². The van der Waals surface area contributed by atoms with Crippen LogP contribution in [0.25, 0.3) is 0 Å². The molecule has 7 nitrogen and oxygen atoms in total. The van der Waals surface area contributed by atoms with Crippen molar-refractivity contribution in [3.8, 4) is 11.5 Å². The summed E-state index contributed by atoms with van der Waals surface area (Å²) in [5, 5.41) is 8.78. The maximum Gasteiger partial charge on any atom is 0.243 e. The molecule has 0 saturated carbocycles. The number of rotatable bonds is 11. The van der Waals surface area contributed by atoms with Gasteiger partial charge in [0.15, 0.2) is 0 Å². The van der Waals surface area contributed by atoms with Gasteiger partial charge in [0, 0.05) is 29.5 Å². The van der Waals surface area contributed by atoms with E-state index in [0.29, 0.717) is 36.8 Å². The van der Waals surface area contributed by atoms with Gasteiger partial charge in [0.25, 0.3) is 0 Å². The number of hydrogen-bond acceptors (Lipinski definition) is 5. The molecule has 0 saturated heterocycles. The number of carbonyl (C=O) groups is 2. The Hall–Kier alpha value is -4.00. The third-order valence-corrected chi connectivity index (χ3v) is 4.77. The summed E-state index contributed by atoms with van der Waals surface area (Å²) in [6.07, 6.45) is 0.392. The zero-order valence-corrected chi connectivity index (χ0v) is 18.9. The first-order valence-electron chi connectivity index (χ1n) is 10.9. The zero-order valence-electron chi connectivity index (χ0n) is 18.9. The number of amides is 2. The lowest BCUT2D eigenvalue weighted by molar-refractivity contribution is -0.116. The van der Waals surface area contributed by atoms with E-state index in [1.807, 2.05) is 67.6 Å². The second-order valence-corrected chi connectivity index (χ2v) is 7.37. The molecule has 0 aliphatic carbocycles. The highest BCUT2D eigenvalue weighted by molar-refractivity contribution is 5.96. The third-order valence-electron chi connectivity index (χ3n) is 4.77. The Morgan fingerprint density at radius 1 is 0.758 bits per heavy atom. The van der Waals surface area contributed by atoms with Gasteiger partial charge in [-0.1, -0.05) is 37.3 Å². The first kappa shape index (κ1) is 23.7. The molecule has 33 heavy (non-hydrogen) atoms. The second-order valence-electron chi connectivity index (χ2n) is 7.37. The highest BCUT2D eigenvalue weighted by Gasteiger charge is 2.07. The molecule has 0 spiro atoms. The predicted molar refractivity (Wildman–Crippen MR) is 131 cm³/mol. The quantitative estimate of drug-likeness (QED) is 0.366. The van der Waals surface area contributed by atoms with Crippen LogP contribution in [0.4, 0.5) is 17.1 Å². The van der Waals surface area contributed by atoms with Gasteiger partial charge in [-0.3, -0.25) is 9.59 Å². The van der Waals surface area contributed by atoms with Crippen LogP contribution in [0, 0.1) is 6.92 Å². The van der Waals surface area contributed by atoms with Crippen molar-refractivity contribution in [3.05, 3.63) is 78.4 Å². The minimum Gasteiger partial charge on any atom is -0.490 e. The number of para-hydroxylation sites is 1. The van der Waals surface area contributed by atoms with Crippen LogP contribution in [-0.4, -0.2) is 31.6 Å². The van der Waals surface area contributed by atoms with Crippen LogP contribution in [0.5, 0.6) is 11.5 Å². The highest BCUT2D eigenvalue weighted by Crippen LogP contribution is 2.21. The molecule has 0 atom stereocenters. The Labute approximate surface area is 194 Å². The monoisotopic (exact) mass is 447 g/mol. The standard InChI is InChI=1S/C26H29N3O4/c1-3-25(30)29-24-17-21(13-12-19(24)2)28-26(31)18-27-20-8-7-11-23(16-20)33-15-14-32-22-9-5-4-6-10-22/h4-13,16-17,27H,3,14-15,18H2,1-2H3,(H,28,31)(H,29,30). The number of hydrogen-bond donors (Lipinski definition) is 3. The van der Waals surface area contributed by atoms with Crippen LogP contribution in [0.2, 0.25) is 0 Å². The summed E-state index contributed by atoms with van der Waals surface area (Å²) in [4.78, 5) is 24.1. The summed E-state index contributed by atoms with van der Waals surface area (Å²) >= 11 is 0. The molecule has 0 bridgehead atoms. The first-order valence-corrected chi connectivity index (χ1v) is 10.9. The van der Waals surface area contributed by atoms with Crippen LogP contribution in [0.1, 0.15) is 18.9 Å². The van der Waals surface area contributed by atoms with Crippen LogP contribution < -0.4 is 25.4 Å². The number of aryl methyl sites for hydroxylation is 1. The Kier molecular flexibility index (Phi) is 8.71. The lowest BCUT2D eigenvalue weighted by Gasteiger charge is -2.12.